The predicted molar refractivity (Wildman–Crippen MR) is 68.7 cm³/mol. The van der Waals surface area contributed by atoms with E-state index in [1.807, 2.05) is 0 Å². The summed E-state index contributed by atoms with van der Waals surface area (Å²) in [7, 11) is 0. The molecule has 2 nitrogen and oxygen atoms in total. The molecule has 16 heavy (non-hydrogen) atoms. The number of benzene rings is 1. The van der Waals surface area contributed by atoms with Crippen molar-refractivity contribution in [2.45, 2.75) is 31.6 Å². The molecule has 1 aliphatic heterocycles. The standard InChI is InChI=1S/C14H22N2/c15-9-1-2-12-3-5-13(6-4-12)14-7-10-16-11-8-14/h3-6,14,16H,1-2,7-11,15H2. The first-order chi connectivity index (χ1) is 7.90. The van der Waals surface area contributed by atoms with Crippen LogP contribution in [0, 0.1) is 0 Å². The molecule has 0 atom stereocenters. The van der Waals surface area contributed by atoms with Gasteiger partial charge in [0.15, 0.2) is 0 Å². The third kappa shape index (κ3) is 3.06. The minimum atomic E-state index is 0.768. The molecular formula is C14H22N2. The van der Waals surface area contributed by atoms with Gasteiger partial charge in [0.25, 0.3) is 0 Å². The Morgan fingerprint density at radius 1 is 1.12 bits per heavy atom. The van der Waals surface area contributed by atoms with Crippen LogP contribution in [0.5, 0.6) is 0 Å². The van der Waals surface area contributed by atoms with Gasteiger partial charge in [-0.15, -0.1) is 0 Å². The molecule has 0 unspecified atom stereocenters. The van der Waals surface area contributed by atoms with Gasteiger partial charge < -0.3 is 11.1 Å². The molecule has 88 valence electrons. The van der Waals surface area contributed by atoms with Crippen LogP contribution in [-0.4, -0.2) is 19.6 Å². The van der Waals surface area contributed by atoms with Gasteiger partial charge in [-0.25, -0.2) is 0 Å². The van der Waals surface area contributed by atoms with Crippen LogP contribution in [0.4, 0.5) is 0 Å². The Hall–Kier alpha value is -0.860. The summed E-state index contributed by atoms with van der Waals surface area (Å²) in [6.07, 6.45) is 4.76. The number of aryl methyl sites for hydroxylation is 1. The Morgan fingerprint density at radius 2 is 1.81 bits per heavy atom. The van der Waals surface area contributed by atoms with Gasteiger partial charge in [0.2, 0.25) is 0 Å². The average molecular weight is 218 g/mol. The van der Waals surface area contributed by atoms with Crippen LogP contribution in [-0.2, 0) is 6.42 Å². The van der Waals surface area contributed by atoms with Gasteiger partial charge in [-0.2, -0.15) is 0 Å². The van der Waals surface area contributed by atoms with E-state index in [9.17, 15) is 0 Å². The Bertz CT molecular complexity index is 299. The summed E-state index contributed by atoms with van der Waals surface area (Å²) in [6, 6.07) is 9.16. The summed E-state index contributed by atoms with van der Waals surface area (Å²) in [6.45, 7) is 3.12. The number of piperidine rings is 1. The monoisotopic (exact) mass is 218 g/mol. The van der Waals surface area contributed by atoms with Gasteiger partial charge in [-0.3, -0.25) is 0 Å². The summed E-state index contributed by atoms with van der Waals surface area (Å²) >= 11 is 0. The molecule has 1 saturated heterocycles. The largest absolute Gasteiger partial charge is 0.330 e. The Balaban J connectivity index is 1.95. The van der Waals surface area contributed by atoms with Crippen molar-refractivity contribution in [3.8, 4) is 0 Å². The van der Waals surface area contributed by atoms with Gasteiger partial charge in [-0.1, -0.05) is 24.3 Å². The highest BCUT2D eigenvalue weighted by atomic mass is 14.9. The van der Waals surface area contributed by atoms with Crippen molar-refractivity contribution in [2.75, 3.05) is 19.6 Å². The molecule has 0 radical (unpaired) electrons. The molecule has 3 N–H and O–H groups in total. The third-order valence-corrected chi connectivity index (χ3v) is 3.46. The molecule has 1 aromatic carbocycles. The first-order valence-electron chi connectivity index (χ1n) is 6.40. The Labute approximate surface area is 98.2 Å². The fourth-order valence-corrected chi connectivity index (χ4v) is 2.42. The zero-order chi connectivity index (χ0) is 11.2. The molecule has 0 amide bonds. The van der Waals surface area contributed by atoms with Crippen molar-refractivity contribution < 1.29 is 0 Å². The van der Waals surface area contributed by atoms with Crippen molar-refractivity contribution in [3.63, 3.8) is 0 Å². The van der Waals surface area contributed by atoms with Crippen LogP contribution >= 0.6 is 0 Å². The van der Waals surface area contributed by atoms with Crippen LogP contribution in [0.1, 0.15) is 36.3 Å². The van der Waals surface area contributed by atoms with E-state index in [1.54, 1.807) is 0 Å². The van der Waals surface area contributed by atoms with Crippen LogP contribution in [0.3, 0.4) is 0 Å². The van der Waals surface area contributed by atoms with Gasteiger partial charge in [0, 0.05) is 0 Å². The van der Waals surface area contributed by atoms with Crippen LogP contribution in [0.25, 0.3) is 0 Å². The first-order valence-corrected chi connectivity index (χ1v) is 6.40. The van der Waals surface area contributed by atoms with Crippen molar-refractivity contribution in [1.82, 2.24) is 5.32 Å². The van der Waals surface area contributed by atoms with Gasteiger partial charge in [-0.05, 0) is 62.4 Å². The highest BCUT2D eigenvalue weighted by Crippen LogP contribution is 2.25. The topological polar surface area (TPSA) is 38.0 Å². The molecule has 0 aliphatic carbocycles. The molecule has 0 bridgehead atoms. The fourth-order valence-electron chi connectivity index (χ4n) is 2.42. The summed E-state index contributed by atoms with van der Waals surface area (Å²) in [5.74, 6) is 0.768. The van der Waals surface area contributed by atoms with Gasteiger partial charge >= 0.3 is 0 Å². The normalized spacial score (nSPS) is 17.6. The molecular weight excluding hydrogens is 196 g/mol. The summed E-state index contributed by atoms with van der Waals surface area (Å²) in [5.41, 5.74) is 8.45. The summed E-state index contributed by atoms with van der Waals surface area (Å²) < 4.78 is 0. The predicted octanol–water partition coefficient (Wildman–Crippen LogP) is 2.04. The number of nitrogens with two attached hydrogens (primary N) is 1. The van der Waals surface area contributed by atoms with E-state index in [0.717, 1.165) is 25.3 Å². The number of hydrogen-bond acceptors (Lipinski definition) is 2. The number of nitrogens with one attached hydrogen (secondary N) is 1. The lowest BCUT2D eigenvalue weighted by Gasteiger charge is -2.23. The molecule has 1 aliphatic rings. The average Bonchev–Trinajstić information content (AvgIpc) is 2.38. The zero-order valence-corrected chi connectivity index (χ0v) is 9.91. The lowest BCUT2D eigenvalue weighted by molar-refractivity contribution is 0.460. The zero-order valence-electron chi connectivity index (χ0n) is 9.91. The van der Waals surface area contributed by atoms with Crippen molar-refractivity contribution in [1.29, 1.82) is 0 Å². The van der Waals surface area contributed by atoms with Gasteiger partial charge in [0.05, 0.1) is 0 Å². The molecule has 2 heteroatoms. The minimum Gasteiger partial charge on any atom is -0.330 e. The lowest BCUT2D eigenvalue weighted by Crippen LogP contribution is -2.26. The third-order valence-electron chi connectivity index (χ3n) is 3.46. The van der Waals surface area contributed by atoms with Crippen LogP contribution < -0.4 is 11.1 Å². The fraction of sp³-hybridized carbons (Fsp3) is 0.571. The summed E-state index contributed by atoms with van der Waals surface area (Å²) in [4.78, 5) is 0. The van der Waals surface area contributed by atoms with Crippen LogP contribution in [0.15, 0.2) is 24.3 Å². The van der Waals surface area contributed by atoms with Gasteiger partial charge in [0.1, 0.15) is 0 Å². The number of rotatable bonds is 4. The maximum Gasteiger partial charge on any atom is -0.00431 e. The Kier molecular flexibility index (Phi) is 4.37. The SMILES string of the molecule is NCCCc1ccc(C2CCNCC2)cc1. The molecule has 2 rings (SSSR count). The van der Waals surface area contributed by atoms with E-state index in [4.69, 9.17) is 5.73 Å². The second kappa shape index (κ2) is 6.02. The van der Waals surface area contributed by atoms with Crippen molar-refractivity contribution in [2.24, 2.45) is 5.73 Å². The summed E-state index contributed by atoms with van der Waals surface area (Å²) in [5, 5.41) is 3.41. The quantitative estimate of drug-likeness (QED) is 0.811. The van der Waals surface area contributed by atoms with Crippen molar-refractivity contribution in [3.05, 3.63) is 35.4 Å². The van der Waals surface area contributed by atoms with E-state index in [0.29, 0.717) is 0 Å². The Morgan fingerprint density at radius 3 is 2.44 bits per heavy atom. The molecule has 1 aromatic rings. The molecule has 0 spiro atoms. The lowest BCUT2D eigenvalue weighted by atomic mass is 9.89. The first kappa shape index (κ1) is 11.6. The minimum absolute atomic E-state index is 0.768. The van der Waals surface area contributed by atoms with E-state index in [2.05, 4.69) is 29.6 Å². The second-order valence-corrected chi connectivity index (χ2v) is 4.66. The van der Waals surface area contributed by atoms with E-state index in [1.165, 1.54) is 37.1 Å². The van der Waals surface area contributed by atoms with E-state index < -0.39 is 0 Å². The van der Waals surface area contributed by atoms with Crippen molar-refractivity contribution >= 4 is 0 Å². The molecule has 0 aromatic heterocycles. The molecule has 0 saturated carbocycles. The smallest absolute Gasteiger partial charge is 0.00431 e. The highest BCUT2D eigenvalue weighted by molar-refractivity contribution is 5.26. The highest BCUT2D eigenvalue weighted by Gasteiger charge is 2.14. The maximum absolute atomic E-state index is 5.52. The number of hydrogen-bond donors (Lipinski definition) is 2. The van der Waals surface area contributed by atoms with E-state index >= 15 is 0 Å². The molecule has 1 heterocycles. The molecule has 1 fully saturated rings. The maximum atomic E-state index is 5.52. The second-order valence-electron chi connectivity index (χ2n) is 4.66. The van der Waals surface area contributed by atoms with Crippen LogP contribution in [0.2, 0.25) is 0 Å². The van der Waals surface area contributed by atoms with E-state index in [-0.39, 0.29) is 0 Å².